The largest absolute Gasteiger partial charge is 0.481 e. The van der Waals surface area contributed by atoms with Gasteiger partial charge in [-0.25, -0.2) is 4.79 Å². The van der Waals surface area contributed by atoms with Crippen molar-refractivity contribution >= 4 is 17.9 Å². The van der Waals surface area contributed by atoms with Gasteiger partial charge in [-0.15, -0.1) is 0 Å². The van der Waals surface area contributed by atoms with Crippen LogP contribution in [0.5, 0.6) is 0 Å². The minimum atomic E-state index is -2.20. The molecule has 7 nitrogen and oxygen atoms in total. The van der Waals surface area contributed by atoms with Crippen molar-refractivity contribution in [3.05, 3.63) is 0 Å². The number of hydrogen-bond acceptors (Lipinski definition) is 4. The highest BCUT2D eigenvalue weighted by Gasteiger charge is 2.44. The van der Waals surface area contributed by atoms with Crippen LogP contribution in [0.15, 0.2) is 0 Å². The predicted molar refractivity (Wildman–Crippen MR) is 102 cm³/mol. The van der Waals surface area contributed by atoms with Crippen LogP contribution in [0, 0.1) is 0 Å². The quantitative estimate of drug-likeness (QED) is 0.279. The van der Waals surface area contributed by atoms with Crippen molar-refractivity contribution in [1.82, 2.24) is 0 Å². The number of carbonyl (C=O) groups is 3. The molecule has 0 aromatic rings. The minimum absolute atomic E-state index is 0.0459. The van der Waals surface area contributed by atoms with E-state index in [-0.39, 0.29) is 6.61 Å². The van der Waals surface area contributed by atoms with Crippen molar-refractivity contribution in [3.63, 3.8) is 0 Å². The Labute approximate surface area is 162 Å². The van der Waals surface area contributed by atoms with E-state index in [4.69, 9.17) is 14.9 Å². The molecule has 3 N–H and O–H groups in total. The molecule has 0 aliphatic heterocycles. The lowest BCUT2D eigenvalue weighted by atomic mass is 9.95. The molecule has 0 amide bonds. The van der Waals surface area contributed by atoms with Crippen LogP contribution in [-0.4, -0.2) is 45.4 Å². The molecule has 7 heteroatoms. The maximum absolute atomic E-state index is 11.4. The molecule has 0 heterocycles. The first-order chi connectivity index (χ1) is 12.8. The highest BCUT2D eigenvalue weighted by molar-refractivity contribution is 5.88. The molecule has 0 unspecified atom stereocenters. The topological polar surface area (TPSA) is 121 Å². The van der Waals surface area contributed by atoms with Gasteiger partial charge in [0.1, 0.15) is 0 Å². The normalized spacial score (nSPS) is 11.4. The molecule has 158 valence electrons. The first kappa shape index (κ1) is 25.4. The molecule has 0 saturated heterocycles. The van der Waals surface area contributed by atoms with Gasteiger partial charge in [-0.1, -0.05) is 77.6 Å². The van der Waals surface area contributed by atoms with Crippen LogP contribution >= 0.6 is 0 Å². The van der Waals surface area contributed by atoms with E-state index >= 15 is 0 Å². The summed E-state index contributed by atoms with van der Waals surface area (Å²) in [5.41, 5.74) is -2.20. The summed E-state index contributed by atoms with van der Waals surface area (Å²) >= 11 is 0. The summed E-state index contributed by atoms with van der Waals surface area (Å²) in [5.74, 6) is -4.34. The Morgan fingerprint density at radius 1 is 0.667 bits per heavy atom. The predicted octanol–water partition coefficient (Wildman–Crippen LogP) is 4.48. The molecule has 0 aromatic carbocycles. The molecule has 0 spiro atoms. The van der Waals surface area contributed by atoms with Crippen molar-refractivity contribution in [2.75, 3.05) is 6.61 Å². The van der Waals surface area contributed by atoms with E-state index in [1.165, 1.54) is 51.4 Å². The van der Waals surface area contributed by atoms with E-state index in [0.29, 0.717) is 6.42 Å². The number of rotatable bonds is 19. The lowest BCUT2D eigenvalue weighted by Crippen LogP contribution is -2.45. The molecule has 0 rings (SSSR count). The van der Waals surface area contributed by atoms with Gasteiger partial charge >= 0.3 is 17.9 Å². The number of unbranched alkanes of at least 4 members (excludes halogenated alkanes) is 11. The fraction of sp³-hybridized carbons (Fsp3) is 0.850. The molecule has 0 radical (unpaired) electrons. The zero-order valence-electron chi connectivity index (χ0n) is 16.6. The van der Waals surface area contributed by atoms with Crippen LogP contribution in [0.1, 0.15) is 96.8 Å². The number of carboxylic acids is 3. The van der Waals surface area contributed by atoms with Gasteiger partial charge in [-0.05, 0) is 6.42 Å². The Morgan fingerprint density at radius 2 is 1.04 bits per heavy atom. The van der Waals surface area contributed by atoms with E-state index in [9.17, 15) is 19.5 Å². The van der Waals surface area contributed by atoms with Crippen molar-refractivity contribution in [1.29, 1.82) is 0 Å². The summed E-state index contributed by atoms with van der Waals surface area (Å²) in [6, 6.07) is 0. The maximum Gasteiger partial charge on any atom is 0.337 e. The van der Waals surface area contributed by atoms with Gasteiger partial charge in [-0.3, -0.25) is 9.59 Å². The van der Waals surface area contributed by atoms with Crippen LogP contribution < -0.4 is 0 Å². The van der Waals surface area contributed by atoms with Crippen LogP contribution in [0.2, 0.25) is 0 Å². The summed E-state index contributed by atoms with van der Waals surface area (Å²) in [7, 11) is 0. The lowest BCUT2D eigenvalue weighted by Gasteiger charge is -2.26. The zero-order chi connectivity index (χ0) is 20.5. The van der Waals surface area contributed by atoms with Crippen molar-refractivity contribution in [3.8, 4) is 0 Å². The summed E-state index contributed by atoms with van der Waals surface area (Å²) in [6.45, 7) is 2.26. The van der Waals surface area contributed by atoms with Gasteiger partial charge in [0.2, 0.25) is 0 Å². The van der Waals surface area contributed by atoms with E-state index < -0.39 is 36.4 Å². The Morgan fingerprint density at radius 3 is 1.37 bits per heavy atom. The Kier molecular flexibility index (Phi) is 14.5. The molecule has 0 saturated carbocycles. The number of ether oxygens (including phenoxy) is 1. The minimum Gasteiger partial charge on any atom is -0.481 e. The second kappa shape index (κ2) is 15.4. The Bertz CT molecular complexity index is 418. The highest BCUT2D eigenvalue weighted by Crippen LogP contribution is 2.23. The van der Waals surface area contributed by atoms with Crippen molar-refractivity contribution < 1.29 is 34.4 Å². The first-order valence-electron chi connectivity index (χ1n) is 10.1. The van der Waals surface area contributed by atoms with E-state index in [1.807, 2.05) is 0 Å². The fourth-order valence-corrected chi connectivity index (χ4v) is 3.08. The molecule has 0 fully saturated rings. The third-order valence-electron chi connectivity index (χ3n) is 4.64. The van der Waals surface area contributed by atoms with E-state index in [1.54, 1.807) is 0 Å². The number of hydrogen-bond donors (Lipinski definition) is 3. The molecule has 27 heavy (non-hydrogen) atoms. The lowest BCUT2D eigenvalue weighted by molar-refractivity contribution is -0.178. The Balaban J connectivity index is 3.90. The van der Waals surface area contributed by atoms with Crippen LogP contribution in [0.4, 0.5) is 0 Å². The summed E-state index contributed by atoms with van der Waals surface area (Å²) in [6.07, 6.45) is 12.1. The number of carboxylic acid groups (broad SMARTS) is 3. The summed E-state index contributed by atoms with van der Waals surface area (Å²) in [5, 5.41) is 27.0. The molecule has 0 aliphatic rings. The Hall–Kier alpha value is -1.63. The second-order valence-corrected chi connectivity index (χ2v) is 7.18. The van der Waals surface area contributed by atoms with Crippen molar-refractivity contribution in [2.24, 2.45) is 0 Å². The third kappa shape index (κ3) is 13.2. The van der Waals surface area contributed by atoms with E-state index in [0.717, 1.165) is 19.3 Å². The monoisotopic (exact) mass is 388 g/mol. The van der Waals surface area contributed by atoms with Gasteiger partial charge in [0.05, 0.1) is 12.8 Å². The average molecular weight is 389 g/mol. The van der Waals surface area contributed by atoms with Gasteiger partial charge in [0.25, 0.3) is 0 Å². The molecular formula is C20H36O7. The van der Waals surface area contributed by atoms with Crippen LogP contribution in [0.25, 0.3) is 0 Å². The van der Waals surface area contributed by atoms with E-state index in [2.05, 4.69) is 6.92 Å². The standard InChI is InChI=1S/C20H36O7/c1-2-3-4-5-6-7-8-9-10-11-12-13-14-27-20(19(25)26,15-17(21)22)16-18(23)24/h2-16H2,1H3,(H,21,22)(H,23,24)(H,25,26). The summed E-state index contributed by atoms with van der Waals surface area (Å²) in [4.78, 5) is 33.2. The molecule has 0 aromatic heterocycles. The van der Waals surface area contributed by atoms with Crippen LogP contribution in [0.3, 0.4) is 0 Å². The van der Waals surface area contributed by atoms with Gasteiger partial charge < -0.3 is 20.1 Å². The fourth-order valence-electron chi connectivity index (χ4n) is 3.08. The highest BCUT2D eigenvalue weighted by atomic mass is 16.5. The van der Waals surface area contributed by atoms with Gasteiger partial charge in [0, 0.05) is 6.61 Å². The zero-order valence-corrected chi connectivity index (χ0v) is 16.6. The van der Waals surface area contributed by atoms with Gasteiger partial charge in [0.15, 0.2) is 5.60 Å². The number of aliphatic carboxylic acids is 3. The van der Waals surface area contributed by atoms with Crippen molar-refractivity contribution in [2.45, 2.75) is 102 Å². The first-order valence-corrected chi connectivity index (χ1v) is 10.1. The third-order valence-corrected chi connectivity index (χ3v) is 4.64. The molecule has 0 atom stereocenters. The second-order valence-electron chi connectivity index (χ2n) is 7.18. The average Bonchev–Trinajstić information content (AvgIpc) is 2.57. The molecular weight excluding hydrogens is 352 g/mol. The van der Waals surface area contributed by atoms with Gasteiger partial charge in [-0.2, -0.15) is 0 Å². The maximum atomic E-state index is 11.4. The SMILES string of the molecule is CCCCCCCCCCCCCCOC(CC(=O)O)(CC(=O)O)C(=O)O. The smallest absolute Gasteiger partial charge is 0.337 e. The molecule has 0 aliphatic carbocycles. The molecule has 0 bridgehead atoms. The van der Waals surface area contributed by atoms with Crippen LogP contribution in [-0.2, 0) is 19.1 Å². The summed E-state index contributed by atoms with van der Waals surface area (Å²) < 4.78 is 5.24.